The summed E-state index contributed by atoms with van der Waals surface area (Å²) in [6, 6.07) is 7.09. The number of nitrogens with zero attached hydrogens (tertiary/aromatic N) is 5. The smallest absolute Gasteiger partial charge is 0.254 e. The van der Waals surface area contributed by atoms with Crippen molar-refractivity contribution in [1.82, 2.24) is 20.0 Å². The number of carbonyl (C=O) groups excluding carboxylic acids is 1. The van der Waals surface area contributed by atoms with Crippen molar-refractivity contribution in [2.24, 2.45) is 0 Å². The first-order chi connectivity index (χ1) is 15.4. The van der Waals surface area contributed by atoms with Crippen LogP contribution in [0, 0.1) is 13.8 Å². The summed E-state index contributed by atoms with van der Waals surface area (Å²) in [5.41, 5.74) is 3.96. The normalized spacial score (nSPS) is 16.2. The second-order valence-corrected chi connectivity index (χ2v) is 8.33. The van der Waals surface area contributed by atoms with Crippen molar-refractivity contribution in [3.63, 3.8) is 0 Å². The van der Waals surface area contributed by atoms with Crippen LogP contribution >= 0.6 is 0 Å². The third kappa shape index (κ3) is 4.04. The van der Waals surface area contributed by atoms with E-state index in [9.17, 15) is 4.79 Å². The monoisotopic (exact) mass is 435 g/mol. The molecule has 3 heterocycles. The Bertz CT molecular complexity index is 1120. The van der Waals surface area contributed by atoms with Crippen LogP contribution in [0.2, 0.25) is 0 Å². The maximum Gasteiger partial charge on any atom is 0.254 e. The van der Waals surface area contributed by atoms with Crippen LogP contribution in [0.4, 0.5) is 5.95 Å². The average molecular weight is 436 g/mol. The molecule has 4 rings (SSSR count). The van der Waals surface area contributed by atoms with E-state index in [1.165, 1.54) is 0 Å². The largest absolute Gasteiger partial charge is 0.497 e. The number of benzene rings is 1. The average Bonchev–Trinajstić information content (AvgIpc) is 3.16. The summed E-state index contributed by atoms with van der Waals surface area (Å²) in [7, 11) is 5.41. The highest BCUT2D eigenvalue weighted by molar-refractivity contribution is 5.95. The topological polar surface area (TPSA) is 84.6 Å². The lowest BCUT2D eigenvalue weighted by molar-refractivity contribution is 0.0606. The summed E-state index contributed by atoms with van der Waals surface area (Å²) in [5, 5.41) is 4.12. The van der Waals surface area contributed by atoms with Gasteiger partial charge in [0.15, 0.2) is 5.76 Å². The minimum atomic E-state index is -0.191. The third-order valence-corrected chi connectivity index (χ3v) is 6.00. The van der Waals surface area contributed by atoms with Crippen molar-refractivity contribution >= 4 is 11.9 Å². The van der Waals surface area contributed by atoms with E-state index in [4.69, 9.17) is 14.2 Å². The molecule has 8 heteroatoms. The highest BCUT2D eigenvalue weighted by Crippen LogP contribution is 2.38. The van der Waals surface area contributed by atoms with Crippen molar-refractivity contribution in [1.29, 1.82) is 0 Å². The first-order valence-corrected chi connectivity index (χ1v) is 10.8. The van der Waals surface area contributed by atoms with E-state index in [0.717, 1.165) is 41.8 Å². The number of piperidine rings is 1. The number of ether oxygens (including phenoxy) is 1. The zero-order valence-corrected chi connectivity index (χ0v) is 19.3. The number of aromatic nitrogens is 3. The Morgan fingerprint density at radius 3 is 2.75 bits per heavy atom. The Morgan fingerprint density at radius 1 is 1.25 bits per heavy atom. The summed E-state index contributed by atoms with van der Waals surface area (Å²) < 4.78 is 11.0. The number of hydrogen-bond acceptors (Lipinski definition) is 7. The quantitative estimate of drug-likeness (QED) is 0.594. The maximum atomic E-state index is 13.6. The Hall–Kier alpha value is -3.42. The minimum absolute atomic E-state index is 0.0324. The molecule has 0 radical (unpaired) electrons. The number of rotatable bonds is 5. The van der Waals surface area contributed by atoms with Gasteiger partial charge in [0.05, 0.1) is 30.1 Å². The molecule has 168 valence electrons. The van der Waals surface area contributed by atoms with Gasteiger partial charge in [-0.3, -0.25) is 4.79 Å². The number of hydrogen-bond donors (Lipinski definition) is 0. The summed E-state index contributed by atoms with van der Waals surface area (Å²) in [6.45, 7) is 4.55. The van der Waals surface area contributed by atoms with Crippen molar-refractivity contribution < 1.29 is 14.1 Å². The van der Waals surface area contributed by atoms with E-state index in [2.05, 4.69) is 10.1 Å². The molecule has 8 nitrogen and oxygen atoms in total. The van der Waals surface area contributed by atoms with E-state index >= 15 is 0 Å². The number of amides is 1. The van der Waals surface area contributed by atoms with Gasteiger partial charge in [0.25, 0.3) is 5.91 Å². The Morgan fingerprint density at radius 2 is 2.06 bits per heavy atom. The van der Waals surface area contributed by atoms with Crippen LogP contribution in [0.1, 0.15) is 52.6 Å². The van der Waals surface area contributed by atoms with Gasteiger partial charge in [-0.1, -0.05) is 11.2 Å². The van der Waals surface area contributed by atoms with Crippen molar-refractivity contribution in [2.45, 2.75) is 39.2 Å². The molecular formula is C24H29N5O3. The molecule has 1 aromatic carbocycles. The number of methoxy groups -OCH3 is 1. The molecule has 0 spiro atoms. The van der Waals surface area contributed by atoms with Crippen LogP contribution in [-0.2, 0) is 0 Å². The number of anilines is 1. The first kappa shape index (κ1) is 21.8. The second-order valence-electron chi connectivity index (χ2n) is 8.33. The fraction of sp³-hybridized carbons (Fsp3) is 0.417. The van der Waals surface area contributed by atoms with Gasteiger partial charge in [-0.2, -0.15) is 0 Å². The maximum absolute atomic E-state index is 13.6. The predicted molar refractivity (Wildman–Crippen MR) is 122 cm³/mol. The summed E-state index contributed by atoms with van der Waals surface area (Å²) in [5.74, 6) is 1.88. The third-order valence-electron chi connectivity index (χ3n) is 6.00. The summed E-state index contributed by atoms with van der Waals surface area (Å²) >= 11 is 0. The van der Waals surface area contributed by atoms with Gasteiger partial charge in [-0.25, -0.2) is 9.97 Å². The molecule has 1 aliphatic heterocycles. The van der Waals surface area contributed by atoms with E-state index in [1.54, 1.807) is 19.4 Å². The number of carbonyl (C=O) groups is 1. The molecule has 2 aromatic heterocycles. The van der Waals surface area contributed by atoms with Gasteiger partial charge in [0, 0.05) is 38.0 Å². The van der Waals surface area contributed by atoms with E-state index < -0.39 is 0 Å². The molecule has 1 saturated heterocycles. The molecule has 0 bridgehead atoms. The highest BCUT2D eigenvalue weighted by atomic mass is 16.5. The van der Waals surface area contributed by atoms with Crippen LogP contribution in [0.3, 0.4) is 0 Å². The molecule has 0 N–H and O–H groups in total. The minimum Gasteiger partial charge on any atom is -0.497 e. The van der Waals surface area contributed by atoms with Crippen molar-refractivity contribution in [3.05, 3.63) is 53.0 Å². The van der Waals surface area contributed by atoms with Gasteiger partial charge >= 0.3 is 0 Å². The van der Waals surface area contributed by atoms with Crippen LogP contribution in [0.15, 0.2) is 35.0 Å². The lowest BCUT2D eigenvalue weighted by atomic mass is 9.94. The zero-order chi connectivity index (χ0) is 22.8. The van der Waals surface area contributed by atoms with Gasteiger partial charge < -0.3 is 19.1 Å². The molecule has 1 atom stereocenters. The van der Waals surface area contributed by atoms with Crippen molar-refractivity contribution in [2.75, 3.05) is 32.6 Å². The molecule has 1 amide bonds. The Labute approximate surface area is 188 Å². The van der Waals surface area contributed by atoms with Gasteiger partial charge in [0.1, 0.15) is 5.75 Å². The Balaban J connectivity index is 1.81. The molecule has 1 aliphatic rings. The Kier molecular flexibility index (Phi) is 6.12. The highest BCUT2D eigenvalue weighted by Gasteiger charge is 2.33. The van der Waals surface area contributed by atoms with Crippen LogP contribution < -0.4 is 9.64 Å². The SMILES string of the molecule is COc1cccc(C(=O)N2CCCCC2c2nc(N(C)C)ncc2-c2onc(C)c2C)c1. The first-order valence-electron chi connectivity index (χ1n) is 10.8. The van der Waals surface area contributed by atoms with Gasteiger partial charge in [0.2, 0.25) is 5.95 Å². The van der Waals surface area contributed by atoms with Crippen molar-refractivity contribution in [3.8, 4) is 17.1 Å². The number of likely N-dealkylation sites (tertiary alicyclic amines) is 1. The zero-order valence-electron chi connectivity index (χ0n) is 19.3. The second kappa shape index (κ2) is 8.98. The van der Waals surface area contributed by atoms with Gasteiger partial charge in [-0.15, -0.1) is 0 Å². The van der Waals surface area contributed by atoms with Crippen LogP contribution in [0.25, 0.3) is 11.3 Å². The molecule has 1 unspecified atom stereocenters. The summed E-state index contributed by atoms with van der Waals surface area (Å²) in [4.78, 5) is 26.8. The van der Waals surface area contributed by atoms with E-state index in [1.807, 2.05) is 55.9 Å². The standard InChI is InChI=1S/C24H29N5O3/c1-15-16(2)27-32-22(15)19-14-25-24(28(3)4)26-21(19)20-11-6-7-12-29(20)23(30)17-9-8-10-18(13-17)31-5/h8-10,13-14,20H,6-7,11-12H2,1-5H3. The lowest BCUT2D eigenvalue weighted by Gasteiger charge is -2.36. The van der Waals surface area contributed by atoms with E-state index in [-0.39, 0.29) is 11.9 Å². The summed E-state index contributed by atoms with van der Waals surface area (Å²) in [6.07, 6.45) is 4.57. The number of aryl methyl sites for hydroxylation is 1. The lowest BCUT2D eigenvalue weighted by Crippen LogP contribution is -2.39. The molecule has 1 fully saturated rings. The van der Waals surface area contributed by atoms with Gasteiger partial charge in [-0.05, 0) is 51.3 Å². The molecule has 0 saturated carbocycles. The fourth-order valence-electron chi connectivity index (χ4n) is 4.08. The molecule has 3 aromatic rings. The molecule has 32 heavy (non-hydrogen) atoms. The van der Waals surface area contributed by atoms with E-state index in [0.29, 0.717) is 29.6 Å². The predicted octanol–water partition coefficient (Wildman–Crippen LogP) is 4.19. The van der Waals surface area contributed by atoms with Crippen LogP contribution in [-0.4, -0.2) is 53.7 Å². The molecule has 0 aliphatic carbocycles. The fourth-order valence-corrected chi connectivity index (χ4v) is 4.08. The molecular weight excluding hydrogens is 406 g/mol. The van der Waals surface area contributed by atoms with Crippen LogP contribution in [0.5, 0.6) is 5.75 Å².